The number of amides is 1. The summed E-state index contributed by atoms with van der Waals surface area (Å²) in [4.78, 5) is 20.7. The molecular weight excluding hydrogens is 316 g/mol. The van der Waals surface area contributed by atoms with Crippen LogP contribution in [0.15, 0.2) is 43.0 Å². The summed E-state index contributed by atoms with van der Waals surface area (Å²) in [6.07, 6.45) is 3.53. The van der Waals surface area contributed by atoms with Crippen molar-refractivity contribution < 1.29 is 4.79 Å². The first kappa shape index (κ1) is 17.6. The lowest BCUT2D eigenvalue weighted by atomic mass is 10.0. The van der Waals surface area contributed by atoms with E-state index in [4.69, 9.17) is 0 Å². The fourth-order valence-corrected chi connectivity index (χ4v) is 3.21. The minimum atomic E-state index is 0.0564. The van der Waals surface area contributed by atoms with Gasteiger partial charge in [-0.05, 0) is 12.6 Å². The van der Waals surface area contributed by atoms with Gasteiger partial charge in [-0.15, -0.1) is 0 Å². The van der Waals surface area contributed by atoms with E-state index < -0.39 is 0 Å². The molecule has 0 radical (unpaired) electrons. The Morgan fingerprint density at radius 2 is 2.08 bits per heavy atom. The van der Waals surface area contributed by atoms with Crippen molar-refractivity contribution in [1.29, 1.82) is 0 Å². The molecule has 1 aromatic heterocycles. The van der Waals surface area contributed by atoms with Crippen molar-refractivity contribution in [2.75, 3.05) is 39.8 Å². The summed E-state index contributed by atoms with van der Waals surface area (Å²) < 4.78 is 1.67. The summed E-state index contributed by atoms with van der Waals surface area (Å²) in [5.41, 5.74) is 1.34. The van der Waals surface area contributed by atoms with Crippen LogP contribution in [0, 0.1) is 0 Å². The molecule has 7 nitrogen and oxygen atoms in total. The predicted molar refractivity (Wildman–Crippen MR) is 95.9 cm³/mol. The van der Waals surface area contributed by atoms with E-state index in [0.717, 1.165) is 26.2 Å². The molecule has 0 spiro atoms. The molecular formula is C18H26N6O. The van der Waals surface area contributed by atoms with Crippen LogP contribution < -0.4 is 5.32 Å². The molecule has 1 aliphatic heterocycles. The monoisotopic (exact) mass is 342 g/mol. The third-order valence-corrected chi connectivity index (χ3v) is 4.63. The van der Waals surface area contributed by atoms with Gasteiger partial charge < -0.3 is 10.2 Å². The van der Waals surface area contributed by atoms with Crippen LogP contribution in [0.4, 0.5) is 0 Å². The van der Waals surface area contributed by atoms with Gasteiger partial charge in [-0.25, -0.2) is 4.98 Å². The standard InChI is InChI=1S/C18H26N6O/c1-22-11-12-23(17(13-22)16-5-3-2-4-6-16)10-8-20-18(25)7-9-24-15-19-14-21-24/h2-6,14-15,17H,7-13H2,1H3,(H,20,25)/t17-/m0/s1. The number of carbonyl (C=O) groups is 1. The summed E-state index contributed by atoms with van der Waals surface area (Å²) in [6, 6.07) is 11.0. The van der Waals surface area contributed by atoms with Crippen molar-refractivity contribution in [3.8, 4) is 0 Å². The zero-order valence-corrected chi connectivity index (χ0v) is 14.7. The molecule has 0 aliphatic carbocycles. The molecule has 1 fully saturated rings. The number of hydrogen-bond acceptors (Lipinski definition) is 5. The van der Waals surface area contributed by atoms with Gasteiger partial charge in [-0.3, -0.25) is 14.4 Å². The molecule has 1 atom stereocenters. The summed E-state index contributed by atoms with van der Waals surface area (Å²) in [5.74, 6) is 0.0564. The van der Waals surface area contributed by atoms with Crippen molar-refractivity contribution >= 4 is 5.91 Å². The highest BCUT2D eigenvalue weighted by Crippen LogP contribution is 2.24. The average molecular weight is 342 g/mol. The molecule has 2 heterocycles. The van der Waals surface area contributed by atoms with E-state index >= 15 is 0 Å². The molecule has 134 valence electrons. The van der Waals surface area contributed by atoms with Gasteiger partial charge in [-0.2, -0.15) is 5.10 Å². The number of aromatic nitrogens is 3. The van der Waals surface area contributed by atoms with Gasteiger partial charge >= 0.3 is 0 Å². The van der Waals surface area contributed by atoms with Crippen molar-refractivity contribution in [1.82, 2.24) is 29.9 Å². The Morgan fingerprint density at radius 3 is 2.84 bits per heavy atom. The Bertz CT molecular complexity index is 645. The highest BCUT2D eigenvalue weighted by atomic mass is 16.1. The van der Waals surface area contributed by atoms with Crippen molar-refractivity contribution in [3.63, 3.8) is 0 Å². The molecule has 1 N–H and O–H groups in total. The van der Waals surface area contributed by atoms with E-state index in [0.29, 0.717) is 25.6 Å². The lowest BCUT2D eigenvalue weighted by Gasteiger charge is -2.40. The Labute approximate surface area is 148 Å². The second-order valence-electron chi connectivity index (χ2n) is 6.48. The van der Waals surface area contributed by atoms with Crippen molar-refractivity contribution in [2.45, 2.75) is 19.0 Å². The Balaban J connectivity index is 1.46. The number of rotatable bonds is 7. The molecule has 3 rings (SSSR count). The maximum atomic E-state index is 12.0. The second-order valence-corrected chi connectivity index (χ2v) is 6.48. The van der Waals surface area contributed by atoms with Crippen molar-refractivity contribution in [2.24, 2.45) is 0 Å². The Hall–Kier alpha value is -2.25. The molecule has 0 saturated carbocycles. The summed E-state index contributed by atoms with van der Waals surface area (Å²) in [7, 11) is 2.17. The van der Waals surface area contributed by atoms with Gasteiger partial charge in [0, 0.05) is 45.2 Å². The fraction of sp³-hybridized carbons (Fsp3) is 0.500. The van der Waals surface area contributed by atoms with E-state index in [9.17, 15) is 4.79 Å². The zero-order valence-electron chi connectivity index (χ0n) is 14.7. The van der Waals surface area contributed by atoms with Crippen LogP contribution in [0.3, 0.4) is 0 Å². The van der Waals surface area contributed by atoms with Crippen LogP contribution in [0.25, 0.3) is 0 Å². The third-order valence-electron chi connectivity index (χ3n) is 4.63. The van der Waals surface area contributed by atoms with E-state index in [2.05, 4.69) is 62.6 Å². The Morgan fingerprint density at radius 1 is 1.24 bits per heavy atom. The van der Waals surface area contributed by atoms with Crippen LogP contribution in [0.1, 0.15) is 18.0 Å². The van der Waals surface area contributed by atoms with Gasteiger partial charge in [0.05, 0.1) is 6.54 Å². The number of aryl methyl sites for hydroxylation is 1. The molecule has 1 aliphatic rings. The number of nitrogens with one attached hydrogen (secondary N) is 1. The number of benzene rings is 1. The second kappa shape index (κ2) is 8.73. The maximum Gasteiger partial charge on any atom is 0.221 e. The van der Waals surface area contributed by atoms with Crippen LogP contribution in [-0.4, -0.2) is 70.2 Å². The minimum Gasteiger partial charge on any atom is -0.355 e. The fourth-order valence-electron chi connectivity index (χ4n) is 3.21. The normalized spacial score (nSPS) is 19.0. The molecule has 2 aromatic rings. The molecule has 0 bridgehead atoms. The molecule has 7 heteroatoms. The van der Waals surface area contributed by atoms with Gasteiger partial charge in [0.2, 0.25) is 5.91 Å². The minimum absolute atomic E-state index is 0.0564. The van der Waals surface area contributed by atoms with E-state index in [1.807, 2.05) is 0 Å². The lowest BCUT2D eigenvalue weighted by Crippen LogP contribution is -2.49. The summed E-state index contributed by atoms with van der Waals surface area (Å²) in [6.45, 7) is 5.19. The number of piperazine rings is 1. The topological polar surface area (TPSA) is 66.3 Å². The molecule has 0 unspecified atom stereocenters. The van der Waals surface area contributed by atoms with Crippen LogP contribution >= 0.6 is 0 Å². The molecule has 1 saturated heterocycles. The Kier molecular flexibility index (Phi) is 6.14. The summed E-state index contributed by atoms with van der Waals surface area (Å²) >= 11 is 0. The maximum absolute atomic E-state index is 12.0. The quantitative estimate of drug-likeness (QED) is 0.805. The first-order valence-electron chi connectivity index (χ1n) is 8.79. The summed E-state index contributed by atoms with van der Waals surface area (Å²) in [5, 5.41) is 7.03. The first-order chi connectivity index (χ1) is 12.2. The average Bonchev–Trinajstić information content (AvgIpc) is 3.15. The van der Waals surface area contributed by atoms with Crippen LogP contribution in [0.5, 0.6) is 0 Å². The van der Waals surface area contributed by atoms with Gasteiger partial charge in [0.25, 0.3) is 0 Å². The number of hydrogen-bond donors (Lipinski definition) is 1. The molecule has 1 amide bonds. The number of nitrogens with zero attached hydrogens (tertiary/aromatic N) is 5. The largest absolute Gasteiger partial charge is 0.355 e. The van der Waals surface area contributed by atoms with Crippen LogP contribution in [0.2, 0.25) is 0 Å². The predicted octanol–water partition coefficient (Wildman–Crippen LogP) is 0.773. The SMILES string of the molecule is CN1CCN(CCNC(=O)CCn2cncn2)[C@H](c2ccccc2)C1. The first-order valence-corrected chi connectivity index (χ1v) is 8.79. The number of carbonyl (C=O) groups excluding carboxylic acids is 1. The van der Waals surface area contributed by atoms with Gasteiger partial charge in [0.1, 0.15) is 12.7 Å². The molecule has 1 aromatic carbocycles. The van der Waals surface area contributed by atoms with Crippen LogP contribution in [-0.2, 0) is 11.3 Å². The molecule has 25 heavy (non-hydrogen) atoms. The number of likely N-dealkylation sites (N-methyl/N-ethyl adjacent to an activating group) is 1. The van der Waals surface area contributed by atoms with Gasteiger partial charge in [-0.1, -0.05) is 30.3 Å². The van der Waals surface area contributed by atoms with E-state index in [-0.39, 0.29) is 5.91 Å². The zero-order chi connectivity index (χ0) is 17.5. The highest BCUT2D eigenvalue weighted by molar-refractivity contribution is 5.75. The van der Waals surface area contributed by atoms with Gasteiger partial charge in [0.15, 0.2) is 0 Å². The third kappa shape index (κ3) is 5.11. The smallest absolute Gasteiger partial charge is 0.221 e. The van der Waals surface area contributed by atoms with E-state index in [1.54, 1.807) is 11.0 Å². The van der Waals surface area contributed by atoms with E-state index in [1.165, 1.54) is 11.9 Å². The lowest BCUT2D eigenvalue weighted by molar-refractivity contribution is -0.121. The highest BCUT2D eigenvalue weighted by Gasteiger charge is 2.26. The van der Waals surface area contributed by atoms with Crippen molar-refractivity contribution in [3.05, 3.63) is 48.5 Å².